The van der Waals surface area contributed by atoms with Gasteiger partial charge in [-0.2, -0.15) is 0 Å². The van der Waals surface area contributed by atoms with Crippen molar-refractivity contribution in [2.75, 3.05) is 0 Å². The van der Waals surface area contributed by atoms with E-state index >= 15 is 0 Å². The number of carbonyl (C=O) groups is 2. The second kappa shape index (κ2) is 7.46. The van der Waals surface area contributed by atoms with Gasteiger partial charge in [-0.15, -0.1) is 0 Å². The summed E-state index contributed by atoms with van der Waals surface area (Å²) in [5.74, 6) is -0.854. The van der Waals surface area contributed by atoms with E-state index < -0.39 is 24.1 Å². The van der Waals surface area contributed by atoms with E-state index in [0.717, 1.165) is 11.1 Å². The number of carbonyl (C=O) groups excluding carboxylic acids is 2. The van der Waals surface area contributed by atoms with Gasteiger partial charge in [0.25, 0.3) is 0 Å². The fourth-order valence-electron chi connectivity index (χ4n) is 3.30. The SMILES string of the molecule is O=C(O[C@H]1Cc2ccccc2[C@H]1OC(=O)c1ccccc1)c1ccccc1. The Hall–Kier alpha value is -3.40. The second-order valence-corrected chi connectivity index (χ2v) is 6.40. The summed E-state index contributed by atoms with van der Waals surface area (Å²) in [4.78, 5) is 25.0. The topological polar surface area (TPSA) is 52.6 Å². The summed E-state index contributed by atoms with van der Waals surface area (Å²) < 4.78 is 11.5. The largest absolute Gasteiger partial charge is 0.454 e. The zero-order valence-corrected chi connectivity index (χ0v) is 14.6. The highest BCUT2D eigenvalue weighted by Gasteiger charge is 2.38. The van der Waals surface area contributed by atoms with Gasteiger partial charge in [0.15, 0.2) is 6.10 Å². The zero-order chi connectivity index (χ0) is 18.6. The van der Waals surface area contributed by atoms with Crippen LogP contribution in [0.4, 0.5) is 0 Å². The van der Waals surface area contributed by atoms with Crippen molar-refractivity contribution in [3.63, 3.8) is 0 Å². The van der Waals surface area contributed by atoms with E-state index in [9.17, 15) is 9.59 Å². The standard InChI is InChI=1S/C23H18O4/c24-22(16-9-3-1-4-10-16)26-20-15-18-13-7-8-14-19(18)21(20)27-23(25)17-11-5-2-6-12-17/h1-14,20-21H,15H2/t20-,21+/m0/s1. The normalized spacial score (nSPS) is 17.8. The number of esters is 2. The Kier molecular flexibility index (Phi) is 4.71. The number of ether oxygens (including phenoxy) is 2. The van der Waals surface area contributed by atoms with Gasteiger partial charge in [-0.05, 0) is 35.4 Å². The van der Waals surface area contributed by atoms with Gasteiger partial charge < -0.3 is 9.47 Å². The van der Waals surface area contributed by atoms with E-state index in [2.05, 4.69) is 0 Å². The summed E-state index contributed by atoms with van der Waals surface area (Å²) in [5, 5.41) is 0. The van der Waals surface area contributed by atoms with Crippen molar-refractivity contribution < 1.29 is 19.1 Å². The third kappa shape index (κ3) is 3.60. The molecule has 0 N–H and O–H groups in total. The first-order chi connectivity index (χ1) is 13.2. The molecule has 4 nitrogen and oxygen atoms in total. The molecule has 0 amide bonds. The minimum Gasteiger partial charge on any atom is -0.454 e. The molecule has 0 heterocycles. The molecule has 4 heteroatoms. The average Bonchev–Trinajstić information content (AvgIpc) is 3.06. The molecule has 0 aromatic heterocycles. The van der Waals surface area contributed by atoms with E-state index in [4.69, 9.17) is 9.47 Å². The van der Waals surface area contributed by atoms with Crippen LogP contribution in [0, 0.1) is 0 Å². The molecule has 1 aliphatic rings. The molecule has 1 aliphatic carbocycles. The fourth-order valence-corrected chi connectivity index (χ4v) is 3.30. The van der Waals surface area contributed by atoms with Crippen LogP contribution in [-0.2, 0) is 15.9 Å². The predicted molar refractivity (Wildman–Crippen MR) is 100 cm³/mol. The van der Waals surface area contributed by atoms with Crippen molar-refractivity contribution in [1.82, 2.24) is 0 Å². The number of fused-ring (bicyclic) bond motifs is 1. The number of hydrogen-bond acceptors (Lipinski definition) is 4. The molecule has 0 saturated carbocycles. The molecule has 3 aromatic carbocycles. The molecule has 0 saturated heterocycles. The van der Waals surface area contributed by atoms with E-state index in [-0.39, 0.29) is 0 Å². The summed E-state index contributed by atoms with van der Waals surface area (Å²) >= 11 is 0. The van der Waals surface area contributed by atoms with Crippen LogP contribution < -0.4 is 0 Å². The third-order valence-corrected chi connectivity index (χ3v) is 4.63. The highest BCUT2D eigenvalue weighted by atomic mass is 16.6. The Balaban J connectivity index is 1.57. The second-order valence-electron chi connectivity index (χ2n) is 6.40. The van der Waals surface area contributed by atoms with E-state index in [1.807, 2.05) is 36.4 Å². The van der Waals surface area contributed by atoms with Crippen molar-refractivity contribution in [2.24, 2.45) is 0 Å². The smallest absolute Gasteiger partial charge is 0.338 e. The van der Waals surface area contributed by atoms with E-state index in [1.54, 1.807) is 48.5 Å². The number of rotatable bonds is 4. The van der Waals surface area contributed by atoms with Gasteiger partial charge in [-0.1, -0.05) is 60.7 Å². The summed E-state index contributed by atoms with van der Waals surface area (Å²) in [5.41, 5.74) is 2.85. The van der Waals surface area contributed by atoms with Crippen molar-refractivity contribution in [2.45, 2.75) is 18.6 Å². The maximum Gasteiger partial charge on any atom is 0.338 e. The molecule has 27 heavy (non-hydrogen) atoms. The quantitative estimate of drug-likeness (QED) is 0.650. The molecule has 0 bridgehead atoms. The first kappa shape index (κ1) is 17.0. The van der Waals surface area contributed by atoms with Gasteiger partial charge in [0.2, 0.25) is 0 Å². The molecule has 3 aromatic rings. The molecule has 0 spiro atoms. The van der Waals surface area contributed by atoms with Gasteiger partial charge in [0.05, 0.1) is 11.1 Å². The van der Waals surface area contributed by atoms with Crippen LogP contribution in [0.2, 0.25) is 0 Å². The average molecular weight is 358 g/mol. The summed E-state index contributed by atoms with van der Waals surface area (Å²) in [6.07, 6.45) is -0.661. The van der Waals surface area contributed by atoms with Gasteiger partial charge in [-0.3, -0.25) is 0 Å². The van der Waals surface area contributed by atoms with Crippen molar-refractivity contribution in [1.29, 1.82) is 0 Å². The van der Waals surface area contributed by atoms with Crippen LogP contribution in [0.1, 0.15) is 37.9 Å². The van der Waals surface area contributed by atoms with Crippen LogP contribution >= 0.6 is 0 Å². The first-order valence-electron chi connectivity index (χ1n) is 8.82. The van der Waals surface area contributed by atoms with Crippen molar-refractivity contribution in [3.8, 4) is 0 Å². The summed E-state index contributed by atoms with van der Waals surface area (Å²) in [7, 11) is 0. The Morgan fingerprint density at radius 2 is 1.19 bits per heavy atom. The minimum absolute atomic E-state index is 0.422. The number of benzene rings is 3. The molecule has 4 rings (SSSR count). The highest BCUT2D eigenvalue weighted by molar-refractivity contribution is 5.90. The van der Waals surface area contributed by atoms with Crippen LogP contribution in [0.15, 0.2) is 84.9 Å². The summed E-state index contributed by atoms with van der Waals surface area (Å²) in [6.45, 7) is 0. The van der Waals surface area contributed by atoms with Crippen LogP contribution in [0.5, 0.6) is 0 Å². The molecule has 134 valence electrons. The lowest BCUT2D eigenvalue weighted by Gasteiger charge is -2.21. The van der Waals surface area contributed by atoms with Gasteiger partial charge >= 0.3 is 11.9 Å². The molecule has 2 atom stereocenters. The van der Waals surface area contributed by atoms with Crippen molar-refractivity contribution in [3.05, 3.63) is 107 Å². The zero-order valence-electron chi connectivity index (χ0n) is 14.6. The van der Waals surface area contributed by atoms with E-state index in [1.165, 1.54) is 0 Å². The lowest BCUT2D eigenvalue weighted by molar-refractivity contribution is -0.0301. The Labute approximate surface area is 157 Å². The lowest BCUT2D eigenvalue weighted by atomic mass is 10.1. The molecule has 0 unspecified atom stereocenters. The minimum atomic E-state index is -0.624. The molecular weight excluding hydrogens is 340 g/mol. The van der Waals surface area contributed by atoms with Gasteiger partial charge in [0.1, 0.15) is 6.10 Å². The Morgan fingerprint density at radius 1 is 0.667 bits per heavy atom. The lowest BCUT2D eigenvalue weighted by Crippen LogP contribution is -2.26. The Bertz CT molecular complexity index is 950. The first-order valence-corrected chi connectivity index (χ1v) is 8.82. The molecule has 0 radical (unpaired) electrons. The van der Waals surface area contributed by atoms with Crippen LogP contribution in [0.25, 0.3) is 0 Å². The molecule has 0 fully saturated rings. The van der Waals surface area contributed by atoms with Gasteiger partial charge in [0, 0.05) is 6.42 Å². The van der Waals surface area contributed by atoms with E-state index in [0.29, 0.717) is 17.5 Å². The fraction of sp³-hybridized carbons (Fsp3) is 0.130. The van der Waals surface area contributed by atoms with Crippen LogP contribution in [0.3, 0.4) is 0 Å². The van der Waals surface area contributed by atoms with Gasteiger partial charge in [-0.25, -0.2) is 9.59 Å². The maximum absolute atomic E-state index is 12.5. The number of hydrogen-bond donors (Lipinski definition) is 0. The van der Waals surface area contributed by atoms with Crippen molar-refractivity contribution >= 4 is 11.9 Å². The Morgan fingerprint density at radius 3 is 1.81 bits per heavy atom. The molecule has 0 aliphatic heterocycles. The molecular formula is C23H18O4. The predicted octanol–water partition coefficient (Wildman–Crippen LogP) is 4.37. The monoisotopic (exact) mass is 358 g/mol. The third-order valence-electron chi connectivity index (χ3n) is 4.63. The summed E-state index contributed by atoms with van der Waals surface area (Å²) in [6, 6.07) is 25.3. The highest BCUT2D eigenvalue weighted by Crippen LogP contribution is 2.37. The maximum atomic E-state index is 12.5. The van der Waals surface area contributed by atoms with Crippen LogP contribution in [-0.4, -0.2) is 18.0 Å².